The van der Waals surface area contributed by atoms with Crippen molar-refractivity contribution in [3.05, 3.63) is 40.1 Å². The predicted molar refractivity (Wildman–Crippen MR) is 72.2 cm³/mol. The summed E-state index contributed by atoms with van der Waals surface area (Å²) in [6, 6.07) is 2.09. The molecule has 1 aromatic heterocycles. The highest BCUT2D eigenvalue weighted by atomic mass is 35.5. The fraction of sp³-hybridized carbons (Fsp3) is 0.333. The number of hydrogen-bond donors (Lipinski definition) is 1. The maximum Gasteiger partial charge on any atom is 0.0892 e. The van der Waals surface area contributed by atoms with Crippen LogP contribution in [0, 0.1) is 0 Å². The fourth-order valence-corrected chi connectivity index (χ4v) is 2.80. The number of aliphatic hydroxyl groups is 1. The van der Waals surface area contributed by atoms with Crippen LogP contribution < -0.4 is 0 Å². The molecule has 0 saturated carbocycles. The van der Waals surface area contributed by atoms with Crippen LogP contribution in [0.4, 0.5) is 0 Å². The van der Waals surface area contributed by atoms with Gasteiger partial charge in [-0.2, -0.15) is 0 Å². The van der Waals surface area contributed by atoms with Crippen molar-refractivity contribution in [2.45, 2.75) is 5.54 Å². The second-order valence-corrected chi connectivity index (χ2v) is 4.84. The average Bonchev–Trinajstić information content (AvgIpc) is 2.60. The van der Waals surface area contributed by atoms with Crippen LogP contribution in [-0.4, -0.2) is 30.7 Å². The monoisotopic (exact) mass is 257 g/mol. The van der Waals surface area contributed by atoms with Crippen LogP contribution in [-0.2, 0) is 5.54 Å². The summed E-state index contributed by atoms with van der Waals surface area (Å²) >= 11 is 1.71. The van der Waals surface area contributed by atoms with Crippen LogP contribution in [0.25, 0.3) is 6.08 Å². The summed E-state index contributed by atoms with van der Waals surface area (Å²) in [5.41, 5.74) is 0.809. The number of likely N-dealkylation sites (N-methyl/N-ethyl adjacent to an activating group) is 1. The van der Waals surface area contributed by atoms with Crippen molar-refractivity contribution < 1.29 is 5.11 Å². The molecule has 2 rings (SSSR count). The second-order valence-electron chi connectivity index (χ2n) is 3.89. The Kier molecular flexibility index (Phi) is 4.33. The van der Waals surface area contributed by atoms with Crippen LogP contribution in [0.2, 0.25) is 0 Å². The summed E-state index contributed by atoms with van der Waals surface area (Å²) in [7, 11) is 3.99. The Morgan fingerprint density at radius 2 is 2.12 bits per heavy atom. The van der Waals surface area contributed by atoms with E-state index in [-0.39, 0.29) is 24.6 Å². The molecule has 0 aliphatic heterocycles. The molecule has 0 fully saturated rings. The Balaban J connectivity index is 0.00000128. The van der Waals surface area contributed by atoms with Gasteiger partial charge in [0.15, 0.2) is 0 Å². The highest BCUT2D eigenvalue weighted by Gasteiger charge is 2.34. The first-order valence-electron chi connectivity index (χ1n) is 4.93. The molecule has 16 heavy (non-hydrogen) atoms. The minimum absolute atomic E-state index is 0. The molecule has 4 heteroatoms. The van der Waals surface area contributed by atoms with Gasteiger partial charge in [0.05, 0.1) is 12.1 Å². The number of rotatable bonds is 2. The Bertz CT molecular complexity index is 411. The van der Waals surface area contributed by atoms with Crippen molar-refractivity contribution >= 4 is 29.8 Å². The molecule has 1 unspecified atom stereocenters. The number of allylic oxidation sites excluding steroid dienone is 2. The van der Waals surface area contributed by atoms with Crippen LogP contribution in [0.5, 0.6) is 0 Å². The Hall–Kier alpha value is -0.610. The average molecular weight is 258 g/mol. The van der Waals surface area contributed by atoms with E-state index in [1.54, 1.807) is 11.3 Å². The lowest BCUT2D eigenvalue weighted by atomic mass is 9.90. The van der Waals surface area contributed by atoms with E-state index in [1.807, 2.05) is 26.2 Å². The molecule has 1 atom stereocenters. The molecule has 88 valence electrons. The predicted octanol–water partition coefficient (Wildman–Crippen LogP) is 2.50. The van der Waals surface area contributed by atoms with Crippen molar-refractivity contribution in [3.63, 3.8) is 0 Å². The van der Waals surface area contributed by atoms with Gasteiger partial charge in [0.25, 0.3) is 0 Å². The molecule has 1 heterocycles. The SMILES string of the molecule is CN(C)C1(CO)C=CC=Cc2sccc21.Cl. The molecule has 0 spiro atoms. The van der Waals surface area contributed by atoms with Crippen LogP contribution in [0.15, 0.2) is 29.7 Å². The summed E-state index contributed by atoms with van der Waals surface area (Å²) < 4.78 is 0. The maximum absolute atomic E-state index is 9.69. The number of hydrogen-bond acceptors (Lipinski definition) is 3. The number of nitrogens with zero attached hydrogens (tertiary/aromatic N) is 1. The number of halogens is 1. The zero-order chi connectivity index (χ0) is 10.9. The highest BCUT2D eigenvalue weighted by Crippen LogP contribution is 2.35. The quantitative estimate of drug-likeness (QED) is 0.880. The van der Waals surface area contributed by atoms with E-state index in [2.05, 4.69) is 28.5 Å². The fourth-order valence-electron chi connectivity index (χ4n) is 1.92. The van der Waals surface area contributed by atoms with Crippen LogP contribution >= 0.6 is 23.7 Å². The summed E-state index contributed by atoms with van der Waals surface area (Å²) in [4.78, 5) is 3.28. The van der Waals surface area contributed by atoms with Gasteiger partial charge in [-0.25, -0.2) is 0 Å². The highest BCUT2D eigenvalue weighted by molar-refractivity contribution is 7.11. The first-order valence-corrected chi connectivity index (χ1v) is 5.81. The van der Waals surface area contributed by atoms with Gasteiger partial charge in [-0.1, -0.05) is 18.2 Å². The van der Waals surface area contributed by atoms with Crippen molar-refractivity contribution in [1.82, 2.24) is 4.90 Å². The van der Waals surface area contributed by atoms with Gasteiger partial charge < -0.3 is 5.11 Å². The Labute approximate surface area is 106 Å². The van der Waals surface area contributed by atoms with Gasteiger partial charge in [-0.05, 0) is 37.2 Å². The summed E-state index contributed by atoms with van der Waals surface area (Å²) in [5, 5.41) is 11.8. The number of thiophene rings is 1. The van der Waals surface area contributed by atoms with Gasteiger partial charge in [0.1, 0.15) is 0 Å². The third-order valence-corrected chi connectivity index (χ3v) is 3.81. The van der Waals surface area contributed by atoms with Gasteiger partial charge in [-0.3, -0.25) is 4.90 Å². The van der Waals surface area contributed by atoms with Gasteiger partial charge in [0.2, 0.25) is 0 Å². The third kappa shape index (κ3) is 1.96. The van der Waals surface area contributed by atoms with E-state index < -0.39 is 0 Å². The van der Waals surface area contributed by atoms with E-state index in [9.17, 15) is 5.11 Å². The van der Waals surface area contributed by atoms with E-state index in [4.69, 9.17) is 0 Å². The van der Waals surface area contributed by atoms with E-state index in [0.717, 1.165) is 0 Å². The van der Waals surface area contributed by atoms with Gasteiger partial charge in [-0.15, -0.1) is 23.7 Å². The molecular weight excluding hydrogens is 242 g/mol. The van der Waals surface area contributed by atoms with Crippen molar-refractivity contribution in [2.75, 3.05) is 20.7 Å². The molecular formula is C12H16ClNOS. The number of fused-ring (bicyclic) bond motifs is 1. The molecule has 1 aliphatic rings. The number of aliphatic hydroxyl groups excluding tert-OH is 1. The van der Waals surface area contributed by atoms with Crippen LogP contribution in [0.1, 0.15) is 10.4 Å². The van der Waals surface area contributed by atoms with Crippen LogP contribution in [0.3, 0.4) is 0 Å². The Morgan fingerprint density at radius 3 is 2.75 bits per heavy atom. The zero-order valence-electron chi connectivity index (χ0n) is 9.38. The van der Waals surface area contributed by atoms with E-state index >= 15 is 0 Å². The zero-order valence-corrected chi connectivity index (χ0v) is 11.0. The normalized spacial score (nSPS) is 22.8. The molecule has 1 aliphatic carbocycles. The molecule has 0 saturated heterocycles. The molecule has 2 nitrogen and oxygen atoms in total. The standard InChI is InChI=1S/C12H15NOS.ClH/c1-13(2)12(9-14)7-4-3-5-11-10(12)6-8-15-11;/h3-8,14H,9H2,1-2H3;1H. The molecule has 1 N–H and O–H groups in total. The molecule has 0 bridgehead atoms. The smallest absolute Gasteiger partial charge is 0.0892 e. The lowest BCUT2D eigenvalue weighted by Gasteiger charge is -2.35. The van der Waals surface area contributed by atoms with E-state index in [1.165, 1.54) is 10.4 Å². The topological polar surface area (TPSA) is 23.5 Å². The van der Waals surface area contributed by atoms with E-state index in [0.29, 0.717) is 0 Å². The summed E-state index contributed by atoms with van der Waals surface area (Å²) in [5.74, 6) is 0. The summed E-state index contributed by atoms with van der Waals surface area (Å²) in [6.07, 6.45) is 8.18. The molecule has 1 aromatic rings. The first kappa shape index (κ1) is 13.5. The second kappa shape index (κ2) is 5.15. The lowest BCUT2D eigenvalue weighted by Crippen LogP contribution is -2.43. The Morgan fingerprint density at radius 1 is 1.38 bits per heavy atom. The largest absolute Gasteiger partial charge is 0.394 e. The minimum atomic E-state index is -0.376. The minimum Gasteiger partial charge on any atom is -0.394 e. The van der Waals surface area contributed by atoms with Crippen molar-refractivity contribution in [2.24, 2.45) is 0 Å². The maximum atomic E-state index is 9.69. The van der Waals surface area contributed by atoms with Gasteiger partial charge >= 0.3 is 0 Å². The first-order chi connectivity index (χ1) is 7.20. The van der Waals surface area contributed by atoms with Gasteiger partial charge in [0, 0.05) is 4.88 Å². The van der Waals surface area contributed by atoms with Crippen molar-refractivity contribution in [3.8, 4) is 0 Å². The summed E-state index contributed by atoms with van der Waals surface area (Å²) in [6.45, 7) is 0.0991. The molecule has 0 aromatic carbocycles. The molecule has 0 amide bonds. The van der Waals surface area contributed by atoms with Crippen molar-refractivity contribution in [1.29, 1.82) is 0 Å². The molecule has 0 radical (unpaired) electrons. The lowest BCUT2D eigenvalue weighted by molar-refractivity contribution is 0.108. The third-order valence-electron chi connectivity index (χ3n) is 2.93.